The molecule has 1 aliphatic rings. The predicted octanol–water partition coefficient (Wildman–Crippen LogP) is 2.92. The molecule has 1 heterocycles. The average molecular weight is 521 g/mol. The van der Waals surface area contributed by atoms with E-state index >= 15 is 0 Å². The molecule has 37 heavy (non-hydrogen) atoms. The van der Waals surface area contributed by atoms with E-state index in [0.29, 0.717) is 12.8 Å². The Kier molecular flexibility index (Phi) is 10.2. The van der Waals surface area contributed by atoms with Gasteiger partial charge in [0.25, 0.3) is 0 Å². The highest BCUT2D eigenvalue weighted by Gasteiger charge is 2.56. The summed E-state index contributed by atoms with van der Waals surface area (Å²) in [6.07, 6.45) is -0.981. The Labute approximate surface area is 219 Å². The third-order valence-corrected chi connectivity index (χ3v) is 6.68. The molecular weight excluding hydrogens is 478 g/mol. The number of amides is 4. The number of rotatable bonds is 8. The first-order valence-corrected chi connectivity index (χ1v) is 12.8. The van der Waals surface area contributed by atoms with Gasteiger partial charge in [0.15, 0.2) is 12.1 Å². The highest BCUT2D eigenvalue weighted by Crippen LogP contribution is 2.31. The zero-order valence-electron chi connectivity index (χ0n) is 22.9. The Morgan fingerprint density at radius 1 is 1.11 bits per heavy atom. The number of likely N-dealkylation sites (tertiary alicyclic amines) is 1. The van der Waals surface area contributed by atoms with Crippen LogP contribution in [0.1, 0.15) is 59.9 Å². The summed E-state index contributed by atoms with van der Waals surface area (Å²) in [5.74, 6) is -1.68. The lowest BCUT2D eigenvalue weighted by Crippen LogP contribution is -2.69. The minimum atomic E-state index is -1.64. The molecule has 1 aliphatic heterocycles. The summed E-state index contributed by atoms with van der Waals surface area (Å²) in [4.78, 5) is 52.7. The third-order valence-electron chi connectivity index (χ3n) is 6.68. The van der Waals surface area contributed by atoms with Crippen LogP contribution in [0.2, 0.25) is 0 Å². The molecule has 1 saturated heterocycles. The van der Waals surface area contributed by atoms with E-state index in [-0.39, 0.29) is 24.9 Å². The van der Waals surface area contributed by atoms with Crippen molar-refractivity contribution < 1.29 is 38.2 Å². The van der Waals surface area contributed by atoms with Gasteiger partial charge < -0.3 is 19.9 Å². The van der Waals surface area contributed by atoms with Gasteiger partial charge in [-0.1, -0.05) is 44.2 Å². The lowest BCUT2D eigenvalue weighted by atomic mass is 9.99. The van der Waals surface area contributed by atoms with Crippen molar-refractivity contribution in [2.24, 2.45) is 5.92 Å². The zero-order chi connectivity index (χ0) is 28.0. The number of carbonyl (C=O) groups excluding carboxylic acids is 4. The summed E-state index contributed by atoms with van der Waals surface area (Å²) in [5, 5.41) is 16.1. The molecule has 3 N–H and O–H groups in total. The molecule has 4 amide bonds. The summed E-state index contributed by atoms with van der Waals surface area (Å²) in [7, 11) is 1.16. The molecule has 1 aromatic rings. The molecule has 10 heteroatoms. The van der Waals surface area contributed by atoms with E-state index in [2.05, 4.69) is 10.6 Å². The van der Waals surface area contributed by atoms with Crippen molar-refractivity contribution in [2.75, 3.05) is 13.7 Å². The van der Waals surface area contributed by atoms with E-state index in [0.717, 1.165) is 12.7 Å². The highest BCUT2D eigenvalue weighted by atomic mass is 16.6. The first-order chi connectivity index (χ1) is 17.2. The maximum absolute atomic E-state index is 14.0. The molecule has 0 aliphatic carbocycles. The fraction of sp³-hybridized carbons (Fsp3) is 0.630. The molecule has 2 rings (SSSR count). The van der Waals surface area contributed by atoms with Gasteiger partial charge in [-0.25, -0.2) is 19.2 Å². The van der Waals surface area contributed by atoms with Crippen molar-refractivity contribution in [1.82, 2.24) is 10.6 Å². The minimum absolute atomic E-state index is 0.148. The highest BCUT2D eigenvalue weighted by molar-refractivity contribution is 5.90. The second-order valence-electron chi connectivity index (χ2n) is 11.0. The van der Waals surface area contributed by atoms with E-state index in [1.54, 1.807) is 34.6 Å². The van der Waals surface area contributed by atoms with Crippen LogP contribution < -0.4 is 10.6 Å². The number of alkyl carbamates (subject to hydrolysis) is 1. The smallest absolute Gasteiger partial charge is 0.424 e. The van der Waals surface area contributed by atoms with E-state index < -0.39 is 52.3 Å². The van der Waals surface area contributed by atoms with Crippen molar-refractivity contribution in [2.45, 2.75) is 90.6 Å². The van der Waals surface area contributed by atoms with Gasteiger partial charge in [-0.05, 0) is 45.6 Å². The summed E-state index contributed by atoms with van der Waals surface area (Å²) >= 11 is 0. The van der Waals surface area contributed by atoms with Gasteiger partial charge >= 0.3 is 24.0 Å². The average Bonchev–Trinajstić information content (AvgIpc) is 3.22. The Morgan fingerprint density at radius 3 is 2.22 bits per heavy atom. The third kappa shape index (κ3) is 7.52. The number of aliphatic hydroxyl groups excluding tert-OH is 1. The van der Waals surface area contributed by atoms with E-state index in [1.165, 1.54) is 0 Å². The maximum Gasteiger partial charge on any atom is 0.424 e. The Hall–Kier alpha value is -2.98. The molecule has 5 atom stereocenters. The van der Waals surface area contributed by atoms with Crippen LogP contribution in [0.5, 0.6) is 0 Å². The number of hydrogen-bond acceptors (Lipinski definition) is 7. The van der Waals surface area contributed by atoms with Crippen LogP contribution >= 0.6 is 0 Å². The second kappa shape index (κ2) is 12.5. The lowest BCUT2D eigenvalue weighted by Gasteiger charge is -2.38. The van der Waals surface area contributed by atoms with E-state index in [4.69, 9.17) is 9.47 Å². The van der Waals surface area contributed by atoms with Crippen molar-refractivity contribution in [3.63, 3.8) is 0 Å². The van der Waals surface area contributed by atoms with Gasteiger partial charge in [-0.15, -0.1) is 0 Å². The van der Waals surface area contributed by atoms with Crippen LogP contribution in [-0.2, 0) is 25.5 Å². The number of urea groups is 1. The maximum atomic E-state index is 14.0. The minimum Gasteiger partial charge on any atom is -0.467 e. The van der Waals surface area contributed by atoms with Crippen molar-refractivity contribution in [3.8, 4) is 0 Å². The molecule has 1 fully saturated rings. The van der Waals surface area contributed by atoms with Gasteiger partial charge in [0.2, 0.25) is 0 Å². The van der Waals surface area contributed by atoms with Crippen molar-refractivity contribution in [3.05, 3.63) is 35.9 Å². The fourth-order valence-corrected chi connectivity index (χ4v) is 4.67. The number of hydrogen-bond donors (Lipinski definition) is 3. The molecular formula is C27H42N3O7+. The first kappa shape index (κ1) is 30.2. The number of ether oxygens (including phenoxy) is 2. The number of methoxy groups -OCH3 is 1. The fourth-order valence-electron chi connectivity index (χ4n) is 4.67. The molecule has 0 spiro atoms. The van der Waals surface area contributed by atoms with Crippen LogP contribution in [-0.4, -0.2) is 77.1 Å². The van der Waals surface area contributed by atoms with Crippen LogP contribution in [0.3, 0.4) is 0 Å². The van der Waals surface area contributed by atoms with Crippen LogP contribution in [0, 0.1) is 5.92 Å². The number of esters is 1. The summed E-state index contributed by atoms with van der Waals surface area (Å²) in [5.41, 5.74) is 0.0308. The molecule has 206 valence electrons. The largest absolute Gasteiger partial charge is 0.467 e. The van der Waals surface area contributed by atoms with Gasteiger partial charge in [-0.3, -0.25) is 5.32 Å². The lowest BCUT2D eigenvalue weighted by molar-refractivity contribution is -0.786. The number of quaternary nitrogens is 1. The van der Waals surface area contributed by atoms with E-state index in [9.17, 15) is 24.3 Å². The molecule has 0 radical (unpaired) electrons. The number of nitrogens with one attached hydrogen (secondary N) is 2. The van der Waals surface area contributed by atoms with Gasteiger partial charge in [0.05, 0.1) is 19.7 Å². The first-order valence-electron chi connectivity index (χ1n) is 12.8. The van der Waals surface area contributed by atoms with Gasteiger partial charge in [-0.2, -0.15) is 4.48 Å². The SMILES string of the molecule is COC(=O)[C@H](O)C(Cc1ccccc1)NC(=O)[N+]1(C(=O)[C@@H](NC(=O)OC(C)(C)C)C(C)C)CCC[C@H]1C. The molecule has 0 aromatic heterocycles. The number of aliphatic hydroxyl groups is 1. The Bertz CT molecular complexity index is 960. The monoisotopic (exact) mass is 520 g/mol. The summed E-state index contributed by atoms with van der Waals surface area (Å²) < 4.78 is 9.51. The molecule has 0 saturated carbocycles. The Morgan fingerprint density at radius 2 is 1.73 bits per heavy atom. The van der Waals surface area contributed by atoms with Crippen LogP contribution in [0.4, 0.5) is 9.59 Å². The van der Waals surface area contributed by atoms with Gasteiger partial charge in [0.1, 0.15) is 11.6 Å². The molecule has 10 nitrogen and oxygen atoms in total. The second-order valence-corrected chi connectivity index (χ2v) is 11.0. The molecule has 0 bridgehead atoms. The van der Waals surface area contributed by atoms with E-state index in [1.807, 2.05) is 37.3 Å². The summed E-state index contributed by atoms with van der Waals surface area (Å²) in [6.45, 7) is 10.8. The predicted molar refractivity (Wildman–Crippen MR) is 137 cm³/mol. The van der Waals surface area contributed by atoms with Crippen LogP contribution in [0.25, 0.3) is 0 Å². The molecule has 2 unspecified atom stereocenters. The standard InChI is InChI=1S/C27H41N3O7/c1-17(2)21(29-26(35)37-27(4,5)6)23(32)30(15-11-12-18(30)3)25(34)28-20(22(31)24(33)36-7)16-19-13-9-8-10-14-19/h8-10,13-14,17-18,20-22,31H,11-12,15-16H2,1-7H3,(H-,28,29,34,35)/p+1/t18-,20?,21+,22-,30?/m1/s1. The number of benzene rings is 1. The van der Waals surface area contributed by atoms with Gasteiger partial charge in [0, 0.05) is 12.8 Å². The number of nitrogens with zero attached hydrogens (tertiary/aromatic N) is 1. The van der Waals surface area contributed by atoms with Crippen LogP contribution in [0.15, 0.2) is 30.3 Å². The number of imide groups is 1. The zero-order valence-corrected chi connectivity index (χ0v) is 22.9. The van der Waals surface area contributed by atoms with Crippen molar-refractivity contribution >= 4 is 24.0 Å². The summed E-state index contributed by atoms with van der Waals surface area (Å²) in [6, 6.07) is 6.07. The van der Waals surface area contributed by atoms with Crippen molar-refractivity contribution in [1.29, 1.82) is 0 Å². The quantitative estimate of drug-likeness (QED) is 0.355. The Balaban J connectivity index is 2.39. The number of carbonyl (C=O) groups is 4. The normalized spacial score (nSPS) is 22.0. The topological polar surface area (TPSA) is 131 Å². The molecule has 1 aromatic carbocycles.